The SMILES string of the molecule is CO[C@@H]1CCN(CCN(C(N)=O)c2ccc(F)c(C(F)(F)F)c2)C1. The second kappa shape index (κ2) is 7.35. The van der Waals surface area contributed by atoms with Crippen LogP contribution in [0.3, 0.4) is 0 Å². The van der Waals surface area contributed by atoms with E-state index in [0.717, 1.165) is 23.9 Å². The van der Waals surface area contributed by atoms with Gasteiger partial charge in [0.05, 0.1) is 11.7 Å². The van der Waals surface area contributed by atoms with E-state index in [0.29, 0.717) is 25.2 Å². The smallest absolute Gasteiger partial charge is 0.380 e. The van der Waals surface area contributed by atoms with E-state index >= 15 is 0 Å². The van der Waals surface area contributed by atoms with E-state index < -0.39 is 23.6 Å². The minimum Gasteiger partial charge on any atom is -0.380 e. The van der Waals surface area contributed by atoms with E-state index in [2.05, 4.69) is 0 Å². The lowest BCUT2D eigenvalue weighted by atomic mass is 10.1. The van der Waals surface area contributed by atoms with Crippen molar-refractivity contribution >= 4 is 11.7 Å². The summed E-state index contributed by atoms with van der Waals surface area (Å²) in [7, 11) is 1.61. The van der Waals surface area contributed by atoms with Gasteiger partial charge < -0.3 is 10.5 Å². The molecular formula is C15H19F4N3O2. The van der Waals surface area contributed by atoms with Crippen LogP contribution in [0, 0.1) is 5.82 Å². The summed E-state index contributed by atoms with van der Waals surface area (Å²) < 4.78 is 57.0. The predicted octanol–water partition coefficient (Wildman–Crippen LogP) is 2.45. The fraction of sp³-hybridized carbons (Fsp3) is 0.533. The zero-order chi connectivity index (χ0) is 17.9. The van der Waals surface area contributed by atoms with E-state index in [9.17, 15) is 22.4 Å². The molecule has 1 aromatic carbocycles. The first kappa shape index (κ1) is 18.5. The van der Waals surface area contributed by atoms with Crippen molar-refractivity contribution in [1.29, 1.82) is 0 Å². The first-order valence-electron chi connectivity index (χ1n) is 7.41. The van der Waals surface area contributed by atoms with Gasteiger partial charge in [0, 0.05) is 39.0 Å². The van der Waals surface area contributed by atoms with E-state index in [-0.39, 0.29) is 18.3 Å². The van der Waals surface area contributed by atoms with Crippen LogP contribution < -0.4 is 10.6 Å². The molecule has 0 bridgehead atoms. The number of carbonyl (C=O) groups excluding carboxylic acids is 1. The van der Waals surface area contributed by atoms with Crippen LogP contribution in [0.4, 0.5) is 28.0 Å². The van der Waals surface area contributed by atoms with Crippen LogP contribution in [0.2, 0.25) is 0 Å². The third kappa shape index (κ3) is 4.35. The highest BCUT2D eigenvalue weighted by Crippen LogP contribution is 2.33. The van der Waals surface area contributed by atoms with Gasteiger partial charge in [0.2, 0.25) is 0 Å². The average Bonchev–Trinajstić information content (AvgIpc) is 2.95. The first-order chi connectivity index (χ1) is 11.2. The van der Waals surface area contributed by atoms with Gasteiger partial charge in [-0.25, -0.2) is 9.18 Å². The Morgan fingerprint density at radius 1 is 1.46 bits per heavy atom. The zero-order valence-electron chi connectivity index (χ0n) is 13.1. The second-order valence-electron chi connectivity index (χ2n) is 5.60. The number of nitrogens with two attached hydrogens (primary N) is 1. The maximum absolute atomic E-state index is 13.4. The molecule has 1 fully saturated rings. The summed E-state index contributed by atoms with van der Waals surface area (Å²) >= 11 is 0. The molecule has 9 heteroatoms. The summed E-state index contributed by atoms with van der Waals surface area (Å²) in [5.41, 5.74) is 3.76. The Kier molecular flexibility index (Phi) is 5.66. The van der Waals surface area contributed by atoms with Crippen molar-refractivity contribution in [2.75, 3.05) is 38.2 Å². The van der Waals surface area contributed by atoms with Crippen molar-refractivity contribution in [1.82, 2.24) is 4.90 Å². The molecule has 0 unspecified atom stereocenters. The lowest BCUT2D eigenvalue weighted by Crippen LogP contribution is -2.41. The van der Waals surface area contributed by atoms with Crippen molar-refractivity contribution in [3.05, 3.63) is 29.6 Å². The summed E-state index contributed by atoms with van der Waals surface area (Å²) in [5.74, 6) is -1.39. The molecule has 1 heterocycles. The molecule has 1 atom stereocenters. The Morgan fingerprint density at radius 2 is 2.17 bits per heavy atom. The Balaban J connectivity index is 2.12. The molecule has 1 aliphatic heterocycles. The number of rotatable bonds is 5. The number of nitrogens with zero attached hydrogens (tertiary/aromatic N) is 2. The highest BCUT2D eigenvalue weighted by Gasteiger charge is 2.35. The number of primary amides is 1. The molecule has 134 valence electrons. The van der Waals surface area contributed by atoms with Gasteiger partial charge in [-0.15, -0.1) is 0 Å². The van der Waals surface area contributed by atoms with Crippen LogP contribution in [0.1, 0.15) is 12.0 Å². The van der Waals surface area contributed by atoms with E-state index in [1.807, 2.05) is 4.90 Å². The van der Waals surface area contributed by atoms with Crippen LogP contribution in [-0.4, -0.2) is 50.3 Å². The molecule has 2 rings (SSSR count). The minimum atomic E-state index is -4.84. The van der Waals surface area contributed by atoms with Crippen LogP contribution in [0.25, 0.3) is 0 Å². The summed E-state index contributed by atoms with van der Waals surface area (Å²) in [6.45, 7) is 1.98. The molecule has 0 spiro atoms. The molecule has 1 aliphatic rings. The topological polar surface area (TPSA) is 58.8 Å². The summed E-state index contributed by atoms with van der Waals surface area (Å²) in [5, 5.41) is 0. The second-order valence-corrected chi connectivity index (χ2v) is 5.60. The number of anilines is 1. The standard InChI is InChI=1S/C15H19F4N3O2/c1-24-11-4-5-21(9-11)6-7-22(14(20)23)10-2-3-13(16)12(8-10)15(17,18)19/h2-3,8,11H,4-7,9H2,1H3,(H2,20,23)/t11-/m1/s1. The van der Waals surface area contributed by atoms with Gasteiger partial charge in [-0.05, 0) is 24.6 Å². The van der Waals surface area contributed by atoms with Gasteiger partial charge in [0.1, 0.15) is 5.82 Å². The number of halogens is 4. The van der Waals surface area contributed by atoms with Crippen LogP contribution in [0.5, 0.6) is 0 Å². The highest BCUT2D eigenvalue weighted by atomic mass is 19.4. The third-order valence-electron chi connectivity index (χ3n) is 4.04. The summed E-state index contributed by atoms with van der Waals surface area (Å²) in [4.78, 5) is 14.6. The van der Waals surface area contributed by atoms with Crippen molar-refractivity contribution in [2.24, 2.45) is 5.73 Å². The average molecular weight is 349 g/mol. The Morgan fingerprint density at radius 3 is 2.71 bits per heavy atom. The number of benzene rings is 1. The van der Waals surface area contributed by atoms with E-state index in [1.165, 1.54) is 0 Å². The van der Waals surface area contributed by atoms with Gasteiger partial charge >= 0.3 is 12.2 Å². The van der Waals surface area contributed by atoms with Gasteiger partial charge in [-0.3, -0.25) is 9.80 Å². The zero-order valence-corrected chi connectivity index (χ0v) is 13.1. The molecule has 5 nitrogen and oxygen atoms in total. The van der Waals surface area contributed by atoms with Crippen LogP contribution >= 0.6 is 0 Å². The predicted molar refractivity (Wildman–Crippen MR) is 80.2 cm³/mol. The number of likely N-dealkylation sites (tertiary alicyclic amines) is 1. The van der Waals surface area contributed by atoms with Crippen molar-refractivity contribution in [3.8, 4) is 0 Å². The van der Waals surface area contributed by atoms with Crippen molar-refractivity contribution in [3.63, 3.8) is 0 Å². The first-order valence-corrected chi connectivity index (χ1v) is 7.41. The maximum Gasteiger partial charge on any atom is 0.419 e. The molecule has 2 N–H and O–H groups in total. The lowest BCUT2D eigenvalue weighted by molar-refractivity contribution is -0.139. The third-order valence-corrected chi connectivity index (χ3v) is 4.04. The molecule has 0 aliphatic carbocycles. The summed E-state index contributed by atoms with van der Waals surface area (Å²) in [6.07, 6.45) is -3.89. The molecule has 1 aromatic rings. The van der Waals surface area contributed by atoms with E-state index in [1.54, 1.807) is 7.11 Å². The van der Waals surface area contributed by atoms with Gasteiger partial charge in [0.15, 0.2) is 0 Å². The maximum atomic E-state index is 13.4. The molecule has 1 saturated heterocycles. The molecule has 0 aromatic heterocycles. The molecule has 0 saturated carbocycles. The highest BCUT2D eigenvalue weighted by molar-refractivity contribution is 5.90. The Labute approximate surface area is 137 Å². The number of urea groups is 1. The molecule has 24 heavy (non-hydrogen) atoms. The van der Waals surface area contributed by atoms with Crippen LogP contribution in [0.15, 0.2) is 18.2 Å². The minimum absolute atomic E-state index is 0.0845. The lowest BCUT2D eigenvalue weighted by Gasteiger charge is -2.24. The molecule has 0 radical (unpaired) electrons. The Hall–Kier alpha value is -1.87. The fourth-order valence-electron chi connectivity index (χ4n) is 2.70. The number of hydrogen-bond donors (Lipinski definition) is 1. The van der Waals surface area contributed by atoms with Gasteiger partial charge in [-0.1, -0.05) is 0 Å². The quantitative estimate of drug-likeness (QED) is 0.831. The number of carbonyl (C=O) groups is 1. The van der Waals surface area contributed by atoms with Crippen molar-refractivity contribution in [2.45, 2.75) is 18.7 Å². The monoisotopic (exact) mass is 349 g/mol. The summed E-state index contributed by atoms with van der Waals surface area (Å²) in [6, 6.07) is 1.50. The fourth-order valence-corrected chi connectivity index (χ4v) is 2.70. The van der Waals surface area contributed by atoms with E-state index in [4.69, 9.17) is 10.5 Å². The number of alkyl halides is 3. The van der Waals surface area contributed by atoms with Gasteiger partial charge in [-0.2, -0.15) is 13.2 Å². The largest absolute Gasteiger partial charge is 0.419 e. The van der Waals surface area contributed by atoms with Crippen molar-refractivity contribution < 1.29 is 27.1 Å². The van der Waals surface area contributed by atoms with Gasteiger partial charge in [0.25, 0.3) is 0 Å². The molecular weight excluding hydrogens is 330 g/mol. The van der Waals surface area contributed by atoms with Crippen LogP contribution in [-0.2, 0) is 10.9 Å². The Bertz CT molecular complexity index is 595. The molecule has 2 amide bonds. The number of amides is 2. The number of ether oxygens (including phenoxy) is 1. The number of methoxy groups -OCH3 is 1. The normalized spacial score (nSPS) is 18.8. The number of hydrogen-bond acceptors (Lipinski definition) is 3.